The fourth-order valence-corrected chi connectivity index (χ4v) is 1.26. The van der Waals surface area contributed by atoms with Crippen LogP contribution in [0.15, 0.2) is 18.7 Å². The van der Waals surface area contributed by atoms with Crippen molar-refractivity contribution in [3.05, 3.63) is 35.7 Å². The van der Waals surface area contributed by atoms with E-state index in [1.54, 1.807) is 6.08 Å². The van der Waals surface area contributed by atoms with E-state index in [1.807, 2.05) is 19.4 Å². The minimum absolute atomic E-state index is 1.08. The molecular weight excluding hydrogens is 130 g/mol. The zero-order chi connectivity index (χ0) is 6.69. The molecule has 0 aliphatic rings. The highest BCUT2D eigenvalue weighted by molar-refractivity contribution is 7.06. The van der Waals surface area contributed by atoms with Gasteiger partial charge in [-0.15, -0.1) is 6.58 Å². The molecule has 1 nitrogen and oxygen atoms in total. The summed E-state index contributed by atoms with van der Waals surface area (Å²) < 4.78 is 4.10. The van der Waals surface area contributed by atoms with Crippen LogP contribution in [0.5, 0.6) is 0 Å². The molecule has 0 saturated carbocycles. The molecule has 1 rings (SSSR count). The van der Waals surface area contributed by atoms with Gasteiger partial charge in [-0.05, 0) is 24.5 Å². The fourth-order valence-electron chi connectivity index (χ4n) is 0.578. The Morgan fingerprint density at radius 1 is 1.78 bits per heavy atom. The monoisotopic (exact) mass is 138 g/mol. The molecule has 0 aliphatic carbocycles. The minimum atomic E-state index is 1.08. The lowest BCUT2D eigenvalue weighted by Gasteiger charge is -1.79. The number of hydrogen-bond donors (Lipinski definition) is 0. The normalized spacial score (nSPS) is 9.44. The maximum Gasteiger partial charge on any atom is 0.0514 e. The summed E-state index contributed by atoms with van der Waals surface area (Å²) in [6.45, 7) is 5.57. The first-order chi connectivity index (χ1) is 4.33. The van der Waals surface area contributed by atoms with Gasteiger partial charge < -0.3 is 0 Å². The number of aromatic nitrogens is 1. The molecule has 0 fully saturated rings. The topological polar surface area (TPSA) is 12.9 Å². The molecule has 47 valence electrons. The predicted octanol–water partition coefficient (Wildman–Crippen LogP) is 2.19. The summed E-state index contributed by atoms with van der Waals surface area (Å²) in [5.74, 6) is 0. The molecule has 0 saturated heterocycles. The van der Waals surface area contributed by atoms with E-state index in [9.17, 15) is 0 Å². The molecule has 0 atom stereocenters. The third-order valence-corrected chi connectivity index (χ3v) is 1.77. The second-order valence-corrected chi connectivity index (χ2v) is 2.61. The maximum atomic E-state index is 4.10. The van der Waals surface area contributed by atoms with Gasteiger partial charge in [-0.3, -0.25) is 0 Å². The summed E-state index contributed by atoms with van der Waals surface area (Å²) >= 11 is 1.50. The Labute approximate surface area is 59.2 Å². The van der Waals surface area contributed by atoms with Crippen LogP contribution >= 0.6 is 11.5 Å². The zero-order valence-corrected chi connectivity index (χ0v) is 6.11. The lowest BCUT2D eigenvalue weighted by molar-refractivity contribution is 1.34. The number of allylic oxidation sites excluding steroid dienone is 1. The Morgan fingerprint density at radius 3 is 3.00 bits per heavy atom. The maximum absolute atomic E-state index is 4.10. The molecule has 0 spiro atoms. The standard InChI is InChI=1S/C7H8NS/c1-3-4-7-5-6(2)8-9-7/h3-5H,1H2,2H3. The summed E-state index contributed by atoms with van der Waals surface area (Å²) in [7, 11) is 0. The van der Waals surface area contributed by atoms with Crippen LogP contribution in [0.4, 0.5) is 0 Å². The summed E-state index contributed by atoms with van der Waals surface area (Å²) in [5.41, 5.74) is 1.08. The average Bonchev–Trinajstić information content (AvgIpc) is 2.17. The molecule has 0 aliphatic heterocycles. The molecular formula is C7H8NS. The van der Waals surface area contributed by atoms with E-state index in [0.29, 0.717) is 0 Å². The van der Waals surface area contributed by atoms with Gasteiger partial charge in [0.05, 0.1) is 5.69 Å². The van der Waals surface area contributed by atoms with Gasteiger partial charge in [0, 0.05) is 11.3 Å². The van der Waals surface area contributed by atoms with Crippen LogP contribution in [-0.4, -0.2) is 4.37 Å². The molecule has 1 radical (unpaired) electrons. The van der Waals surface area contributed by atoms with Gasteiger partial charge in [-0.2, -0.15) is 4.37 Å². The summed E-state index contributed by atoms with van der Waals surface area (Å²) in [6.07, 6.45) is 3.72. The molecule has 0 aromatic carbocycles. The van der Waals surface area contributed by atoms with Gasteiger partial charge in [-0.1, -0.05) is 6.08 Å². The van der Waals surface area contributed by atoms with Crippen molar-refractivity contribution in [3.63, 3.8) is 0 Å². The Bertz CT molecular complexity index is 202. The molecule has 0 N–H and O–H groups in total. The van der Waals surface area contributed by atoms with Crippen LogP contribution in [-0.2, 0) is 0 Å². The van der Waals surface area contributed by atoms with Gasteiger partial charge >= 0.3 is 0 Å². The molecule has 1 heterocycles. The highest BCUT2D eigenvalue weighted by Crippen LogP contribution is 2.10. The first kappa shape index (κ1) is 6.49. The van der Waals surface area contributed by atoms with E-state index in [-0.39, 0.29) is 0 Å². The Balaban J connectivity index is 2.72. The summed E-state index contributed by atoms with van der Waals surface area (Å²) in [4.78, 5) is 1.17. The Morgan fingerprint density at radius 2 is 2.56 bits per heavy atom. The summed E-state index contributed by atoms with van der Waals surface area (Å²) in [5, 5.41) is 0. The SMILES string of the molecule is C=C[CH]c1cc(C)ns1. The zero-order valence-electron chi connectivity index (χ0n) is 5.29. The van der Waals surface area contributed by atoms with Crippen molar-refractivity contribution >= 4 is 11.5 Å². The molecule has 2 heteroatoms. The molecule has 1 aromatic rings. The molecule has 0 unspecified atom stereocenters. The van der Waals surface area contributed by atoms with E-state index in [0.717, 1.165) is 5.69 Å². The second-order valence-electron chi connectivity index (χ2n) is 1.77. The van der Waals surface area contributed by atoms with Gasteiger partial charge in [0.1, 0.15) is 0 Å². The van der Waals surface area contributed by atoms with Crippen LogP contribution in [0.25, 0.3) is 0 Å². The number of rotatable bonds is 2. The van der Waals surface area contributed by atoms with Crippen molar-refractivity contribution in [2.75, 3.05) is 0 Å². The first-order valence-electron chi connectivity index (χ1n) is 2.72. The van der Waals surface area contributed by atoms with Crippen molar-refractivity contribution in [3.8, 4) is 0 Å². The Hall–Kier alpha value is -0.630. The van der Waals surface area contributed by atoms with E-state index in [1.165, 1.54) is 16.4 Å². The quantitative estimate of drug-likeness (QED) is 0.610. The number of nitrogens with zero attached hydrogens (tertiary/aromatic N) is 1. The molecule has 0 amide bonds. The van der Waals surface area contributed by atoms with Crippen LogP contribution in [0.2, 0.25) is 0 Å². The van der Waals surface area contributed by atoms with Crippen LogP contribution in [0.3, 0.4) is 0 Å². The van der Waals surface area contributed by atoms with Crippen LogP contribution in [0, 0.1) is 13.3 Å². The largest absolute Gasteiger partial charge is 0.198 e. The first-order valence-corrected chi connectivity index (χ1v) is 3.49. The Kier molecular flexibility index (Phi) is 2.01. The summed E-state index contributed by atoms with van der Waals surface area (Å²) in [6, 6.07) is 2.03. The second kappa shape index (κ2) is 2.78. The van der Waals surface area contributed by atoms with Crippen LogP contribution in [0.1, 0.15) is 10.6 Å². The average molecular weight is 138 g/mol. The van der Waals surface area contributed by atoms with Crippen molar-refractivity contribution in [1.82, 2.24) is 4.37 Å². The van der Waals surface area contributed by atoms with Gasteiger partial charge in [0.15, 0.2) is 0 Å². The van der Waals surface area contributed by atoms with Crippen molar-refractivity contribution in [2.45, 2.75) is 6.92 Å². The smallest absolute Gasteiger partial charge is 0.0514 e. The van der Waals surface area contributed by atoms with Crippen LogP contribution < -0.4 is 0 Å². The van der Waals surface area contributed by atoms with E-state index >= 15 is 0 Å². The minimum Gasteiger partial charge on any atom is -0.198 e. The molecule has 1 aromatic heterocycles. The van der Waals surface area contributed by atoms with E-state index in [2.05, 4.69) is 11.0 Å². The molecule has 9 heavy (non-hydrogen) atoms. The fraction of sp³-hybridized carbons (Fsp3) is 0.143. The highest BCUT2D eigenvalue weighted by atomic mass is 32.1. The lowest BCUT2D eigenvalue weighted by Crippen LogP contribution is -1.64. The lowest BCUT2D eigenvalue weighted by atomic mass is 10.3. The molecule has 0 bridgehead atoms. The van der Waals surface area contributed by atoms with Gasteiger partial charge in [-0.25, -0.2) is 0 Å². The predicted molar refractivity (Wildman–Crippen MR) is 40.5 cm³/mol. The van der Waals surface area contributed by atoms with Crippen molar-refractivity contribution in [1.29, 1.82) is 0 Å². The van der Waals surface area contributed by atoms with Gasteiger partial charge in [0.2, 0.25) is 0 Å². The van der Waals surface area contributed by atoms with Crippen molar-refractivity contribution < 1.29 is 0 Å². The number of hydrogen-bond acceptors (Lipinski definition) is 2. The van der Waals surface area contributed by atoms with Gasteiger partial charge in [0.25, 0.3) is 0 Å². The number of aryl methyl sites for hydroxylation is 1. The third-order valence-electron chi connectivity index (χ3n) is 0.928. The third kappa shape index (κ3) is 1.64. The van der Waals surface area contributed by atoms with E-state index in [4.69, 9.17) is 0 Å². The highest BCUT2D eigenvalue weighted by Gasteiger charge is 1.93. The van der Waals surface area contributed by atoms with Crippen molar-refractivity contribution in [2.24, 2.45) is 0 Å². The van der Waals surface area contributed by atoms with E-state index < -0.39 is 0 Å².